The summed E-state index contributed by atoms with van der Waals surface area (Å²) in [6.45, 7) is 2.45. The molecule has 0 atom stereocenters. The van der Waals surface area contributed by atoms with Crippen LogP contribution >= 0.6 is 0 Å². The second kappa shape index (κ2) is 8.64. The maximum atomic E-state index is 13.7. The number of phenolic OH excluding ortho intramolecular Hbond substituents is 1. The summed E-state index contributed by atoms with van der Waals surface area (Å²) < 4.78 is 18.8. The first kappa shape index (κ1) is 18.8. The van der Waals surface area contributed by atoms with E-state index in [2.05, 4.69) is 4.90 Å². The minimum absolute atomic E-state index is 0.0517. The minimum atomic E-state index is -0.610. The van der Waals surface area contributed by atoms with Gasteiger partial charge in [-0.25, -0.2) is 9.18 Å². The van der Waals surface area contributed by atoms with Crippen LogP contribution in [0.3, 0.4) is 0 Å². The van der Waals surface area contributed by atoms with E-state index in [9.17, 15) is 19.1 Å². The number of carbonyl (C=O) groups excluding carboxylic acids is 2. The predicted molar refractivity (Wildman–Crippen MR) is 96.6 cm³/mol. The molecule has 2 aromatic carbocycles. The number of aromatic hydroxyl groups is 1. The highest BCUT2D eigenvalue weighted by atomic mass is 19.1. The van der Waals surface area contributed by atoms with E-state index in [1.54, 1.807) is 23.1 Å². The Balaban J connectivity index is 1.44. The number of halogens is 1. The molecule has 27 heavy (non-hydrogen) atoms. The smallest absolute Gasteiger partial charge is 0.338 e. The summed E-state index contributed by atoms with van der Waals surface area (Å²) in [4.78, 5) is 27.9. The van der Waals surface area contributed by atoms with Gasteiger partial charge in [-0.2, -0.15) is 0 Å². The molecule has 1 heterocycles. The third-order valence-electron chi connectivity index (χ3n) is 4.51. The Labute approximate surface area is 156 Å². The number of hydrogen-bond acceptors (Lipinski definition) is 5. The van der Waals surface area contributed by atoms with E-state index in [1.165, 1.54) is 30.3 Å². The van der Waals surface area contributed by atoms with Gasteiger partial charge in [-0.3, -0.25) is 9.69 Å². The normalized spacial score (nSPS) is 14.8. The van der Waals surface area contributed by atoms with Gasteiger partial charge in [0, 0.05) is 38.3 Å². The van der Waals surface area contributed by atoms with Crippen LogP contribution in [0.1, 0.15) is 15.9 Å². The monoisotopic (exact) mass is 372 g/mol. The van der Waals surface area contributed by atoms with Gasteiger partial charge in [0.15, 0.2) is 6.61 Å². The Morgan fingerprint density at radius 2 is 1.67 bits per heavy atom. The minimum Gasteiger partial charge on any atom is -0.508 e. The maximum Gasteiger partial charge on any atom is 0.338 e. The van der Waals surface area contributed by atoms with Gasteiger partial charge in [0.1, 0.15) is 11.6 Å². The van der Waals surface area contributed by atoms with Crippen molar-refractivity contribution in [3.63, 3.8) is 0 Å². The molecule has 0 radical (unpaired) electrons. The number of amides is 1. The average molecular weight is 372 g/mol. The quantitative estimate of drug-likeness (QED) is 0.814. The van der Waals surface area contributed by atoms with E-state index in [0.29, 0.717) is 38.3 Å². The van der Waals surface area contributed by atoms with Crippen LogP contribution in [-0.2, 0) is 16.1 Å². The fraction of sp³-hybridized carbons (Fsp3) is 0.300. The Bertz CT molecular complexity index is 802. The molecule has 0 aromatic heterocycles. The zero-order chi connectivity index (χ0) is 19.2. The van der Waals surface area contributed by atoms with Crippen molar-refractivity contribution >= 4 is 11.9 Å². The van der Waals surface area contributed by atoms with Crippen LogP contribution in [0.25, 0.3) is 0 Å². The largest absolute Gasteiger partial charge is 0.508 e. The molecule has 0 bridgehead atoms. The van der Waals surface area contributed by atoms with Gasteiger partial charge < -0.3 is 14.7 Å². The SMILES string of the molecule is O=C(OCC(=O)N1CCN(Cc2ccccc2F)CC1)c1ccc(O)cc1. The first-order chi connectivity index (χ1) is 13.0. The van der Waals surface area contributed by atoms with Crippen LogP contribution in [0.4, 0.5) is 4.39 Å². The fourth-order valence-corrected chi connectivity index (χ4v) is 2.92. The molecule has 7 heteroatoms. The zero-order valence-corrected chi connectivity index (χ0v) is 14.8. The average Bonchev–Trinajstić information content (AvgIpc) is 2.69. The number of hydrogen-bond donors (Lipinski definition) is 1. The maximum absolute atomic E-state index is 13.7. The summed E-state index contributed by atoms with van der Waals surface area (Å²) in [5, 5.41) is 9.22. The molecule has 142 valence electrons. The fourth-order valence-electron chi connectivity index (χ4n) is 2.92. The molecule has 0 unspecified atom stereocenters. The van der Waals surface area contributed by atoms with Crippen LogP contribution in [0.5, 0.6) is 5.75 Å². The van der Waals surface area contributed by atoms with Gasteiger partial charge in [-0.15, -0.1) is 0 Å². The van der Waals surface area contributed by atoms with E-state index in [4.69, 9.17) is 4.74 Å². The second-order valence-corrected chi connectivity index (χ2v) is 6.37. The van der Waals surface area contributed by atoms with Crippen molar-refractivity contribution in [1.29, 1.82) is 0 Å². The molecule has 0 aliphatic carbocycles. The molecule has 2 aromatic rings. The van der Waals surface area contributed by atoms with Crippen molar-refractivity contribution in [2.45, 2.75) is 6.54 Å². The Morgan fingerprint density at radius 3 is 2.33 bits per heavy atom. The number of phenols is 1. The molecule has 1 amide bonds. The van der Waals surface area contributed by atoms with Crippen LogP contribution in [0, 0.1) is 5.82 Å². The van der Waals surface area contributed by atoms with E-state index in [-0.39, 0.29) is 29.6 Å². The second-order valence-electron chi connectivity index (χ2n) is 6.37. The summed E-state index contributed by atoms with van der Waals surface area (Å²) in [7, 11) is 0. The number of piperazine rings is 1. The van der Waals surface area contributed by atoms with Crippen LogP contribution < -0.4 is 0 Å². The van der Waals surface area contributed by atoms with Gasteiger partial charge in [0.25, 0.3) is 5.91 Å². The Morgan fingerprint density at radius 1 is 1.00 bits per heavy atom. The van der Waals surface area contributed by atoms with Crippen molar-refractivity contribution in [3.8, 4) is 5.75 Å². The molecule has 0 saturated carbocycles. The van der Waals surface area contributed by atoms with Crippen molar-refractivity contribution in [2.24, 2.45) is 0 Å². The molecule has 1 aliphatic heterocycles. The first-order valence-electron chi connectivity index (χ1n) is 8.72. The number of rotatable bonds is 5. The molecule has 0 spiro atoms. The molecule has 1 saturated heterocycles. The van der Waals surface area contributed by atoms with Gasteiger partial charge in [0.2, 0.25) is 0 Å². The van der Waals surface area contributed by atoms with E-state index in [1.807, 2.05) is 0 Å². The van der Waals surface area contributed by atoms with Crippen molar-refractivity contribution < 1.29 is 23.8 Å². The van der Waals surface area contributed by atoms with E-state index in [0.717, 1.165) is 0 Å². The Hall–Kier alpha value is -2.93. The number of nitrogens with zero attached hydrogens (tertiary/aromatic N) is 2. The third-order valence-corrected chi connectivity index (χ3v) is 4.51. The van der Waals surface area contributed by atoms with Gasteiger partial charge in [0.05, 0.1) is 5.56 Å². The molecule has 1 fully saturated rings. The predicted octanol–water partition coefficient (Wildman–Crippen LogP) is 2.03. The van der Waals surface area contributed by atoms with Crippen molar-refractivity contribution in [1.82, 2.24) is 9.80 Å². The first-order valence-corrected chi connectivity index (χ1v) is 8.72. The summed E-state index contributed by atoms with van der Waals surface area (Å²) >= 11 is 0. The lowest BCUT2D eigenvalue weighted by molar-refractivity contribution is -0.136. The standard InChI is InChI=1S/C20H21FN2O4/c21-18-4-2-1-3-16(18)13-22-9-11-23(12-10-22)19(25)14-27-20(26)15-5-7-17(24)8-6-15/h1-8,24H,9-14H2. The lowest BCUT2D eigenvalue weighted by Gasteiger charge is -2.34. The molecule has 1 N–H and O–H groups in total. The highest BCUT2D eigenvalue weighted by Crippen LogP contribution is 2.13. The highest BCUT2D eigenvalue weighted by molar-refractivity contribution is 5.91. The number of carbonyl (C=O) groups is 2. The topological polar surface area (TPSA) is 70.1 Å². The van der Waals surface area contributed by atoms with E-state index < -0.39 is 5.97 Å². The van der Waals surface area contributed by atoms with Crippen LogP contribution in [0.2, 0.25) is 0 Å². The number of esters is 1. The van der Waals surface area contributed by atoms with E-state index >= 15 is 0 Å². The van der Waals surface area contributed by atoms with Crippen LogP contribution in [0.15, 0.2) is 48.5 Å². The summed E-state index contributed by atoms with van der Waals surface area (Å²) in [6.07, 6.45) is 0. The van der Waals surface area contributed by atoms with Crippen molar-refractivity contribution in [2.75, 3.05) is 32.8 Å². The lowest BCUT2D eigenvalue weighted by atomic mass is 10.2. The Kier molecular flexibility index (Phi) is 6.03. The third kappa shape index (κ3) is 5.04. The molecule has 3 rings (SSSR count). The molecule has 1 aliphatic rings. The molecular weight excluding hydrogens is 351 g/mol. The number of ether oxygens (including phenoxy) is 1. The van der Waals surface area contributed by atoms with Gasteiger partial charge in [-0.05, 0) is 30.3 Å². The van der Waals surface area contributed by atoms with Crippen molar-refractivity contribution in [3.05, 3.63) is 65.5 Å². The number of benzene rings is 2. The summed E-state index contributed by atoms with van der Waals surface area (Å²) in [6, 6.07) is 12.3. The molecule has 6 nitrogen and oxygen atoms in total. The molecular formula is C20H21FN2O4. The summed E-state index contributed by atoms with van der Waals surface area (Å²) in [5.74, 6) is -1.04. The van der Waals surface area contributed by atoms with Gasteiger partial charge in [-0.1, -0.05) is 18.2 Å². The summed E-state index contributed by atoms with van der Waals surface area (Å²) in [5.41, 5.74) is 0.912. The lowest BCUT2D eigenvalue weighted by Crippen LogP contribution is -2.49. The zero-order valence-electron chi connectivity index (χ0n) is 14.8. The highest BCUT2D eigenvalue weighted by Gasteiger charge is 2.22. The van der Waals surface area contributed by atoms with Crippen LogP contribution in [-0.4, -0.2) is 59.6 Å². The van der Waals surface area contributed by atoms with Gasteiger partial charge >= 0.3 is 5.97 Å².